The summed E-state index contributed by atoms with van der Waals surface area (Å²) in [5.41, 5.74) is 2.68. The maximum atomic E-state index is 3.90. The molecule has 0 rings (SSSR count). The van der Waals surface area contributed by atoms with Gasteiger partial charge in [-0.3, -0.25) is 0 Å². The van der Waals surface area contributed by atoms with Crippen molar-refractivity contribution in [2.45, 2.75) is 25.8 Å². The predicted molar refractivity (Wildman–Crippen MR) is 108 cm³/mol. The molecule has 0 fully saturated rings. The number of halogens is 1. The number of allylic oxidation sites excluding steroid dienone is 7. The van der Waals surface area contributed by atoms with Gasteiger partial charge in [-0.15, -0.1) is 6.58 Å². The lowest BCUT2D eigenvalue weighted by Crippen LogP contribution is -2.28. The van der Waals surface area contributed by atoms with Gasteiger partial charge in [0.15, 0.2) is 0 Å². The molecule has 0 aliphatic heterocycles. The molecule has 1 atom stereocenters. The highest BCUT2D eigenvalue weighted by Gasteiger charge is 2.07. The van der Waals surface area contributed by atoms with Crippen LogP contribution in [-0.4, -0.2) is 6.04 Å². The molecular formula is C20H27BrN2. The van der Waals surface area contributed by atoms with Gasteiger partial charge in [-0.2, -0.15) is 0 Å². The molecule has 0 aromatic heterocycles. The standard InChI is InChI=1S/C20H27BrN2/c1-6-11-14-18(15-16-21)23-20(10-5)19(9-4)22-17(12-7-2)13-8-3/h6-10,12-13,15-16,18,22-23H,1-2,4-5,11,14H2,3H3/b13-8-,16-15+,17-12+,20-19-. The molecule has 0 aliphatic carbocycles. The largest absolute Gasteiger partial charge is 0.377 e. The highest BCUT2D eigenvalue weighted by molar-refractivity contribution is 9.11. The van der Waals surface area contributed by atoms with Crippen LogP contribution in [0.2, 0.25) is 0 Å². The van der Waals surface area contributed by atoms with Gasteiger partial charge < -0.3 is 10.6 Å². The molecule has 0 spiro atoms. The molecule has 2 N–H and O–H groups in total. The van der Waals surface area contributed by atoms with Crippen LogP contribution in [0.4, 0.5) is 0 Å². The van der Waals surface area contributed by atoms with Crippen LogP contribution in [0.5, 0.6) is 0 Å². The lowest BCUT2D eigenvalue weighted by molar-refractivity contribution is 0.627. The normalized spacial score (nSPS) is 14.3. The van der Waals surface area contributed by atoms with Crippen LogP contribution in [0.15, 0.2) is 97.0 Å². The first kappa shape index (κ1) is 21.0. The number of hydrogen-bond donors (Lipinski definition) is 2. The first-order chi connectivity index (χ1) is 11.2. The quantitative estimate of drug-likeness (QED) is 0.341. The Labute approximate surface area is 149 Å². The first-order valence-electron chi connectivity index (χ1n) is 7.52. The zero-order valence-corrected chi connectivity index (χ0v) is 15.5. The Bertz CT molecular complexity index is 522. The molecule has 0 saturated carbocycles. The van der Waals surface area contributed by atoms with E-state index in [0.717, 1.165) is 29.9 Å². The van der Waals surface area contributed by atoms with Gasteiger partial charge >= 0.3 is 0 Å². The summed E-state index contributed by atoms with van der Waals surface area (Å²) in [4.78, 5) is 1.86. The second-order valence-corrected chi connectivity index (χ2v) is 5.18. The Hall–Kier alpha value is -2.00. The van der Waals surface area contributed by atoms with Gasteiger partial charge in [0.2, 0.25) is 0 Å². The van der Waals surface area contributed by atoms with Gasteiger partial charge in [-0.25, -0.2) is 0 Å². The summed E-state index contributed by atoms with van der Waals surface area (Å²) in [5.74, 6) is 0. The third-order valence-electron chi connectivity index (χ3n) is 2.95. The van der Waals surface area contributed by atoms with Crippen LogP contribution in [0.3, 0.4) is 0 Å². The van der Waals surface area contributed by atoms with E-state index in [0.29, 0.717) is 0 Å². The fourth-order valence-electron chi connectivity index (χ4n) is 1.88. The molecule has 0 heterocycles. The van der Waals surface area contributed by atoms with Crippen molar-refractivity contribution < 1.29 is 0 Å². The van der Waals surface area contributed by atoms with E-state index in [1.807, 2.05) is 36.2 Å². The number of hydrogen-bond acceptors (Lipinski definition) is 2. The molecule has 0 saturated heterocycles. The molecule has 0 amide bonds. The Morgan fingerprint density at radius 1 is 1.13 bits per heavy atom. The van der Waals surface area contributed by atoms with Gasteiger partial charge in [0.1, 0.15) is 0 Å². The minimum Gasteiger partial charge on any atom is -0.377 e. The van der Waals surface area contributed by atoms with Crippen molar-refractivity contribution in [1.29, 1.82) is 0 Å². The van der Waals surface area contributed by atoms with Crippen LogP contribution < -0.4 is 10.6 Å². The van der Waals surface area contributed by atoms with Crippen molar-refractivity contribution in [3.8, 4) is 0 Å². The van der Waals surface area contributed by atoms with Crippen molar-refractivity contribution in [2.24, 2.45) is 0 Å². The molecule has 2 nitrogen and oxygen atoms in total. The number of nitrogens with one attached hydrogen (secondary N) is 2. The van der Waals surface area contributed by atoms with Gasteiger partial charge in [0.25, 0.3) is 0 Å². The smallest absolute Gasteiger partial charge is 0.0614 e. The fraction of sp³-hybridized carbons (Fsp3) is 0.200. The van der Waals surface area contributed by atoms with Crippen molar-refractivity contribution in [1.82, 2.24) is 10.6 Å². The van der Waals surface area contributed by atoms with E-state index in [-0.39, 0.29) is 6.04 Å². The van der Waals surface area contributed by atoms with Crippen molar-refractivity contribution >= 4 is 15.9 Å². The van der Waals surface area contributed by atoms with Crippen LogP contribution in [0.25, 0.3) is 0 Å². The summed E-state index contributed by atoms with van der Waals surface area (Å²) in [6, 6.07) is 0.172. The molecule has 23 heavy (non-hydrogen) atoms. The Balaban J connectivity index is 5.42. The van der Waals surface area contributed by atoms with Crippen molar-refractivity contribution in [3.05, 3.63) is 97.0 Å². The van der Waals surface area contributed by atoms with Gasteiger partial charge in [-0.1, -0.05) is 60.0 Å². The van der Waals surface area contributed by atoms with Gasteiger partial charge in [-0.05, 0) is 49.1 Å². The molecule has 124 valence electrons. The molecule has 0 radical (unpaired) electrons. The Kier molecular flexibility index (Phi) is 12.5. The third kappa shape index (κ3) is 8.89. The third-order valence-corrected chi connectivity index (χ3v) is 3.25. The molecule has 0 aliphatic rings. The summed E-state index contributed by atoms with van der Waals surface area (Å²) in [6.07, 6.45) is 17.0. The van der Waals surface area contributed by atoms with Gasteiger partial charge in [0.05, 0.1) is 11.4 Å². The molecule has 1 unspecified atom stereocenters. The average Bonchev–Trinajstić information content (AvgIpc) is 2.55. The summed E-state index contributed by atoms with van der Waals surface area (Å²) >= 11 is 3.34. The monoisotopic (exact) mass is 374 g/mol. The van der Waals surface area contributed by atoms with Crippen LogP contribution in [0, 0.1) is 0 Å². The maximum Gasteiger partial charge on any atom is 0.0614 e. The van der Waals surface area contributed by atoms with Crippen molar-refractivity contribution in [3.63, 3.8) is 0 Å². The zero-order chi connectivity index (χ0) is 17.5. The summed E-state index contributed by atoms with van der Waals surface area (Å²) in [5, 5.41) is 6.80. The average molecular weight is 375 g/mol. The topological polar surface area (TPSA) is 24.1 Å². The summed E-state index contributed by atoms with van der Waals surface area (Å²) in [7, 11) is 0. The van der Waals surface area contributed by atoms with E-state index < -0.39 is 0 Å². The minimum absolute atomic E-state index is 0.172. The van der Waals surface area contributed by atoms with Crippen LogP contribution >= 0.6 is 15.9 Å². The second-order valence-electron chi connectivity index (χ2n) is 4.65. The van der Waals surface area contributed by atoms with Gasteiger partial charge in [0, 0.05) is 11.7 Å². The van der Waals surface area contributed by atoms with Crippen molar-refractivity contribution in [2.75, 3.05) is 0 Å². The highest BCUT2D eigenvalue weighted by Crippen LogP contribution is 2.10. The summed E-state index contributed by atoms with van der Waals surface area (Å²) < 4.78 is 0. The molecule has 0 bridgehead atoms. The Morgan fingerprint density at radius 2 is 1.83 bits per heavy atom. The predicted octanol–water partition coefficient (Wildman–Crippen LogP) is 5.64. The van der Waals surface area contributed by atoms with E-state index in [2.05, 4.69) is 59.0 Å². The maximum absolute atomic E-state index is 3.90. The molecular weight excluding hydrogens is 348 g/mol. The molecule has 0 aromatic rings. The lowest BCUT2D eigenvalue weighted by atomic mass is 10.1. The first-order valence-corrected chi connectivity index (χ1v) is 8.44. The van der Waals surface area contributed by atoms with E-state index in [9.17, 15) is 0 Å². The lowest BCUT2D eigenvalue weighted by Gasteiger charge is -2.20. The SMILES string of the molecule is C=C/C=C(\C=C/C)N/C(C=C)=C(/C=C)NC(/C=C/Br)CCC=C. The fourth-order valence-corrected chi connectivity index (χ4v) is 2.25. The highest BCUT2D eigenvalue weighted by atomic mass is 79.9. The molecule has 0 aromatic carbocycles. The molecule has 3 heteroatoms. The van der Waals surface area contributed by atoms with E-state index >= 15 is 0 Å². The van der Waals surface area contributed by atoms with Crippen LogP contribution in [-0.2, 0) is 0 Å². The second kappa shape index (κ2) is 13.6. The van der Waals surface area contributed by atoms with E-state index in [4.69, 9.17) is 0 Å². The summed E-state index contributed by atoms with van der Waals surface area (Å²) in [6.45, 7) is 17.3. The van der Waals surface area contributed by atoms with E-state index in [1.165, 1.54) is 0 Å². The number of rotatable bonds is 12. The minimum atomic E-state index is 0.172. The Morgan fingerprint density at radius 3 is 2.30 bits per heavy atom. The van der Waals surface area contributed by atoms with E-state index in [1.54, 1.807) is 18.2 Å². The van der Waals surface area contributed by atoms with Crippen LogP contribution in [0.1, 0.15) is 19.8 Å². The zero-order valence-electron chi connectivity index (χ0n) is 13.9.